The molecule has 4 aromatic carbocycles. The summed E-state index contributed by atoms with van der Waals surface area (Å²) in [5.74, 6) is 0. The Bertz CT molecular complexity index is 1280. The summed E-state index contributed by atoms with van der Waals surface area (Å²) >= 11 is 0. The second-order valence-corrected chi connectivity index (χ2v) is 7.07. The summed E-state index contributed by atoms with van der Waals surface area (Å²) in [7, 11) is 0. The molecule has 1 nitrogen and oxygen atoms in total. The molecule has 0 N–H and O–H groups in total. The highest BCUT2D eigenvalue weighted by atomic mass is 15.0. The van der Waals surface area contributed by atoms with Crippen molar-refractivity contribution in [3.05, 3.63) is 121 Å². The van der Waals surface area contributed by atoms with E-state index < -0.39 is 0 Å². The monoisotopic (exact) mass is 371 g/mol. The molecule has 0 fully saturated rings. The van der Waals surface area contributed by atoms with E-state index in [4.69, 9.17) is 0 Å². The van der Waals surface area contributed by atoms with Gasteiger partial charge in [0.05, 0.1) is 11.2 Å². The lowest BCUT2D eigenvalue weighted by Gasteiger charge is -2.14. The highest BCUT2D eigenvalue weighted by Gasteiger charge is 2.22. The highest BCUT2D eigenvalue weighted by Crippen LogP contribution is 2.43. The molecule has 0 saturated carbocycles. The molecule has 0 aliphatic rings. The summed E-state index contributed by atoms with van der Waals surface area (Å²) < 4.78 is 2.38. The van der Waals surface area contributed by atoms with Gasteiger partial charge < -0.3 is 4.57 Å². The van der Waals surface area contributed by atoms with E-state index in [0.29, 0.717) is 0 Å². The Morgan fingerprint density at radius 2 is 1.17 bits per heavy atom. The van der Waals surface area contributed by atoms with E-state index in [1.807, 2.05) is 6.08 Å². The van der Waals surface area contributed by atoms with Crippen LogP contribution in [0.1, 0.15) is 5.56 Å². The average Bonchev–Trinajstić information content (AvgIpc) is 3.16. The first-order valence-electron chi connectivity index (χ1n) is 9.84. The number of rotatable bonds is 4. The predicted molar refractivity (Wildman–Crippen MR) is 124 cm³/mol. The first-order chi connectivity index (χ1) is 14.4. The van der Waals surface area contributed by atoms with Crippen LogP contribution in [-0.2, 0) is 0 Å². The van der Waals surface area contributed by atoms with Gasteiger partial charge in [0, 0.05) is 16.6 Å². The lowest BCUT2D eigenvalue weighted by molar-refractivity contribution is 1.13. The molecular formula is C28H21N. The molecule has 0 radical (unpaired) electrons. The van der Waals surface area contributed by atoms with Crippen molar-refractivity contribution in [3.8, 4) is 28.1 Å². The average molecular weight is 371 g/mol. The van der Waals surface area contributed by atoms with E-state index in [1.54, 1.807) is 0 Å². The summed E-state index contributed by atoms with van der Waals surface area (Å²) in [4.78, 5) is 0. The fourth-order valence-corrected chi connectivity index (χ4v) is 4.13. The minimum atomic E-state index is 1.13. The third-order valence-corrected chi connectivity index (χ3v) is 5.36. The molecule has 0 aliphatic carbocycles. The van der Waals surface area contributed by atoms with Gasteiger partial charge >= 0.3 is 0 Å². The normalized spacial score (nSPS) is 10.9. The van der Waals surface area contributed by atoms with Crippen LogP contribution >= 0.6 is 0 Å². The molecule has 29 heavy (non-hydrogen) atoms. The molecular weight excluding hydrogens is 350 g/mol. The van der Waals surface area contributed by atoms with E-state index in [0.717, 1.165) is 11.3 Å². The summed E-state index contributed by atoms with van der Waals surface area (Å²) in [5.41, 5.74) is 8.32. The standard InChI is InChI=1S/C28H21N/c1-2-21-17-12-20-25-26(22-13-6-3-7-14-22)28(23-15-8-4-9-16-23)29(27(21)25)24-18-10-5-11-19-24/h2-20H,1H2. The smallest absolute Gasteiger partial charge is 0.0619 e. The van der Waals surface area contributed by atoms with Gasteiger partial charge in [0.15, 0.2) is 0 Å². The fraction of sp³-hybridized carbons (Fsp3) is 0. The minimum Gasteiger partial charge on any atom is -0.308 e. The number of para-hydroxylation sites is 2. The van der Waals surface area contributed by atoms with Gasteiger partial charge in [-0.2, -0.15) is 0 Å². The zero-order valence-corrected chi connectivity index (χ0v) is 16.1. The summed E-state index contributed by atoms with van der Waals surface area (Å²) in [6, 6.07) is 38.4. The summed E-state index contributed by atoms with van der Waals surface area (Å²) in [6.45, 7) is 4.09. The number of benzene rings is 4. The second kappa shape index (κ2) is 7.29. The maximum atomic E-state index is 4.09. The van der Waals surface area contributed by atoms with Gasteiger partial charge in [0.1, 0.15) is 0 Å². The van der Waals surface area contributed by atoms with Crippen LogP contribution in [0.25, 0.3) is 45.1 Å². The van der Waals surface area contributed by atoms with E-state index in [1.165, 1.54) is 33.3 Å². The first-order valence-corrected chi connectivity index (χ1v) is 9.84. The van der Waals surface area contributed by atoms with Crippen LogP contribution in [-0.4, -0.2) is 4.57 Å². The maximum absolute atomic E-state index is 4.09. The zero-order chi connectivity index (χ0) is 19.6. The van der Waals surface area contributed by atoms with Gasteiger partial charge in [0.25, 0.3) is 0 Å². The minimum absolute atomic E-state index is 1.13. The number of fused-ring (bicyclic) bond motifs is 1. The van der Waals surface area contributed by atoms with Crippen LogP contribution in [0.2, 0.25) is 0 Å². The van der Waals surface area contributed by atoms with Gasteiger partial charge in [-0.1, -0.05) is 110 Å². The fourth-order valence-electron chi connectivity index (χ4n) is 4.13. The Balaban J connectivity index is 2.02. The molecule has 1 aromatic heterocycles. The van der Waals surface area contributed by atoms with Crippen LogP contribution in [0, 0.1) is 0 Å². The van der Waals surface area contributed by atoms with E-state index in [2.05, 4.69) is 120 Å². The molecule has 0 amide bonds. The molecule has 0 unspecified atom stereocenters. The molecule has 0 saturated heterocycles. The lowest BCUT2D eigenvalue weighted by Crippen LogP contribution is -1.98. The second-order valence-electron chi connectivity index (χ2n) is 7.07. The molecule has 0 aliphatic heterocycles. The molecule has 1 heteroatoms. The van der Waals surface area contributed by atoms with Gasteiger partial charge in [-0.15, -0.1) is 0 Å². The van der Waals surface area contributed by atoms with Crippen LogP contribution in [0.4, 0.5) is 0 Å². The van der Waals surface area contributed by atoms with Crippen LogP contribution in [0.3, 0.4) is 0 Å². The van der Waals surface area contributed by atoms with E-state index in [9.17, 15) is 0 Å². The molecule has 5 rings (SSSR count). The number of hydrogen-bond acceptors (Lipinski definition) is 0. The largest absolute Gasteiger partial charge is 0.308 e. The van der Waals surface area contributed by atoms with Crippen molar-refractivity contribution in [1.82, 2.24) is 4.57 Å². The highest BCUT2D eigenvalue weighted by molar-refractivity contribution is 6.08. The van der Waals surface area contributed by atoms with Gasteiger partial charge in [-0.05, 0) is 28.8 Å². The van der Waals surface area contributed by atoms with Crippen molar-refractivity contribution in [2.45, 2.75) is 0 Å². The van der Waals surface area contributed by atoms with Gasteiger partial charge in [-0.3, -0.25) is 0 Å². The quantitative estimate of drug-likeness (QED) is 0.306. The summed E-state index contributed by atoms with van der Waals surface area (Å²) in [5, 5.41) is 1.23. The molecule has 138 valence electrons. The van der Waals surface area contributed by atoms with E-state index in [-0.39, 0.29) is 0 Å². The van der Waals surface area contributed by atoms with Crippen LogP contribution < -0.4 is 0 Å². The van der Waals surface area contributed by atoms with Crippen molar-refractivity contribution >= 4 is 17.0 Å². The third-order valence-electron chi connectivity index (χ3n) is 5.36. The van der Waals surface area contributed by atoms with Crippen LogP contribution in [0.5, 0.6) is 0 Å². The molecule has 1 heterocycles. The van der Waals surface area contributed by atoms with Crippen molar-refractivity contribution in [2.75, 3.05) is 0 Å². The zero-order valence-electron chi connectivity index (χ0n) is 16.1. The molecule has 0 bridgehead atoms. The number of aromatic nitrogens is 1. The molecule has 5 aromatic rings. The van der Waals surface area contributed by atoms with Crippen molar-refractivity contribution in [2.24, 2.45) is 0 Å². The predicted octanol–water partition coefficient (Wildman–Crippen LogP) is 7.61. The first kappa shape index (κ1) is 17.3. The Labute approximate surface area is 171 Å². The SMILES string of the molecule is C=Cc1cccc2c(-c3ccccc3)c(-c3ccccc3)n(-c3ccccc3)c12. The Morgan fingerprint density at radius 3 is 1.79 bits per heavy atom. The van der Waals surface area contributed by atoms with Gasteiger partial charge in [-0.25, -0.2) is 0 Å². The number of nitrogens with zero attached hydrogens (tertiary/aromatic N) is 1. The maximum Gasteiger partial charge on any atom is 0.0619 e. The van der Waals surface area contributed by atoms with Crippen LogP contribution in [0.15, 0.2) is 116 Å². The Hall–Kier alpha value is -3.84. The third kappa shape index (κ3) is 2.88. The van der Waals surface area contributed by atoms with Crippen molar-refractivity contribution < 1.29 is 0 Å². The molecule has 0 spiro atoms. The van der Waals surface area contributed by atoms with Crippen molar-refractivity contribution in [1.29, 1.82) is 0 Å². The van der Waals surface area contributed by atoms with Crippen molar-refractivity contribution in [3.63, 3.8) is 0 Å². The van der Waals surface area contributed by atoms with E-state index >= 15 is 0 Å². The Kier molecular flexibility index (Phi) is 4.34. The topological polar surface area (TPSA) is 4.93 Å². The lowest BCUT2D eigenvalue weighted by atomic mass is 9.97. The van der Waals surface area contributed by atoms with Gasteiger partial charge in [0.2, 0.25) is 0 Å². The number of hydrogen-bond donors (Lipinski definition) is 0. The Morgan fingerprint density at radius 1 is 0.586 bits per heavy atom. The molecule has 0 atom stereocenters. The summed E-state index contributed by atoms with van der Waals surface area (Å²) in [6.07, 6.45) is 1.95.